The molecule has 0 amide bonds. The molecule has 118 valence electrons. The molecule has 1 aromatic rings. The number of nitrogens with zero attached hydrogens (tertiary/aromatic N) is 1. The van der Waals surface area contributed by atoms with Crippen LogP contribution in [0.5, 0.6) is 0 Å². The van der Waals surface area contributed by atoms with Crippen molar-refractivity contribution in [2.75, 3.05) is 13.2 Å². The molecule has 1 aromatic heterocycles. The lowest BCUT2D eigenvalue weighted by Crippen LogP contribution is -2.34. The highest BCUT2D eigenvalue weighted by Gasteiger charge is 2.19. The van der Waals surface area contributed by atoms with Crippen molar-refractivity contribution in [2.24, 2.45) is 5.92 Å². The van der Waals surface area contributed by atoms with E-state index in [-0.39, 0.29) is 6.04 Å². The minimum absolute atomic E-state index is 0.136. The van der Waals surface area contributed by atoms with Crippen molar-refractivity contribution in [1.82, 2.24) is 10.3 Å². The van der Waals surface area contributed by atoms with E-state index in [2.05, 4.69) is 24.1 Å². The lowest BCUT2D eigenvalue weighted by Gasteiger charge is -2.27. The van der Waals surface area contributed by atoms with Gasteiger partial charge in [-0.25, -0.2) is 0 Å². The Morgan fingerprint density at radius 3 is 2.76 bits per heavy atom. The number of ether oxygens (including phenoxy) is 1. The van der Waals surface area contributed by atoms with Gasteiger partial charge in [0.15, 0.2) is 0 Å². The summed E-state index contributed by atoms with van der Waals surface area (Å²) in [5, 5.41) is 13.3. The predicted octanol–water partition coefficient (Wildman–Crippen LogP) is 2.69. The van der Waals surface area contributed by atoms with Crippen LogP contribution in [-0.2, 0) is 4.74 Å². The van der Waals surface area contributed by atoms with Gasteiger partial charge in [0.2, 0.25) is 0 Å². The van der Waals surface area contributed by atoms with Crippen molar-refractivity contribution < 1.29 is 9.84 Å². The minimum Gasteiger partial charge on any atom is -0.389 e. The highest BCUT2D eigenvalue weighted by Crippen LogP contribution is 2.25. The molecule has 1 aliphatic carbocycles. The zero-order chi connectivity index (χ0) is 15.1. The number of aliphatic hydroxyl groups is 1. The van der Waals surface area contributed by atoms with Gasteiger partial charge in [-0.05, 0) is 50.7 Å². The molecule has 0 spiro atoms. The first kappa shape index (κ1) is 16.4. The Morgan fingerprint density at radius 2 is 2.10 bits per heavy atom. The third-order valence-corrected chi connectivity index (χ3v) is 4.28. The average molecular weight is 292 g/mol. The largest absolute Gasteiger partial charge is 0.389 e. The molecule has 2 atom stereocenters. The van der Waals surface area contributed by atoms with Crippen LogP contribution in [0.4, 0.5) is 0 Å². The van der Waals surface area contributed by atoms with E-state index in [1.54, 1.807) is 6.20 Å². The number of hydrogen-bond acceptors (Lipinski definition) is 4. The molecule has 0 aromatic carbocycles. The first-order valence-corrected chi connectivity index (χ1v) is 8.09. The molecule has 1 heterocycles. The summed E-state index contributed by atoms with van der Waals surface area (Å²) in [6, 6.07) is 6.01. The van der Waals surface area contributed by atoms with Gasteiger partial charge in [-0.1, -0.05) is 13.0 Å². The second-order valence-electron chi connectivity index (χ2n) is 6.25. The lowest BCUT2D eigenvalue weighted by atomic mass is 9.89. The highest BCUT2D eigenvalue weighted by molar-refractivity contribution is 5.07. The first-order valence-electron chi connectivity index (χ1n) is 8.09. The lowest BCUT2D eigenvalue weighted by molar-refractivity contribution is -0.0283. The van der Waals surface area contributed by atoms with Crippen LogP contribution in [0.1, 0.15) is 51.3 Å². The summed E-state index contributed by atoms with van der Waals surface area (Å²) in [4.78, 5) is 4.31. The van der Waals surface area contributed by atoms with E-state index in [9.17, 15) is 5.11 Å². The van der Waals surface area contributed by atoms with E-state index < -0.39 is 6.10 Å². The molecule has 4 nitrogen and oxygen atoms in total. The van der Waals surface area contributed by atoms with Gasteiger partial charge in [-0.15, -0.1) is 0 Å². The van der Waals surface area contributed by atoms with Crippen LogP contribution < -0.4 is 5.32 Å². The Balaban J connectivity index is 1.62. The van der Waals surface area contributed by atoms with Gasteiger partial charge in [-0.3, -0.25) is 4.98 Å². The van der Waals surface area contributed by atoms with Crippen LogP contribution in [0.3, 0.4) is 0 Å². The van der Waals surface area contributed by atoms with Gasteiger partial charge < -0.3 is 15.2 Å². The number of aliphatic hydroxyl groups excluding tert-OH is 1. The fraction of sp³-hybridized carbons (Fsp3) is 0.706. The fourth-order valence-corrected chi connectivity index (χ4v) is 2.75. The zero-order valence-electron chi connectivity index (χ0n) is 13.2. The maximum atomic E-state index is 10.0. The second kappa shape index (κ2) is 8.47. The predicted molar refractivity (Wildman–Crippen MR) is 84.0 cm³/mol. The maximum Gasteiger partial charge on any atom is 0.0898 e. The number of pyridine rings is 1. The monoisotopic (exact) mass is 292 g/mol. The molecule has 1 saturated carbocycles. The van der Waals surface area contributed by atoms with Crippen LogP contribution >= 0.6 is 0 Å². The normalized spacial score (nSPS) is 25.5. The van der Waals surface area contributed by atoms with Crippen LogP contribution in [0.2, 0.25) is 0 Å². The van der Waals surface area contributed by atoms with Gasteiger partial charge in [0, 0.05) is 18.8 Å². The highest BCUT2D eigenvalue weighted by atomic mass is 16.5. The fourth-order valence-electron chi connectivity index (χ4n) is 2.75. The maximum absolute atomic E-state index is 10.0. The van der Waals surface area contributed by atoms with Crippen molar-refractivity contribution in [2.45, 2.75) is 57.8 Å². The SMILES string of the molecule is CC1CCC(OCC(O)CNC(C)c2ccccn2)CC1. The van der Waals surface area contributed by atoms with Crippen LogP contribution in [0.25, 0.3) is 0 Å². The topological polar surface area (TPSA) is 54.4 Å². The van der Waals surface area contributed by atoms with E-state index in [1.165, 1.54) is 12.8 Å². The number of aromatic nitrogens is 1. The van der Waals surface area contributed by atoms with Gasteiger partial charge in [0.25, 0.3) is 0 Å². The van der Waals surface area contributed by atoms with Crippen molar-refractivity contribution in [3.05, 3.63) is 30.1 Å². The third kappa shape index (κ3) is 5.73. The summed E-state index contributed by atoms with van der Waals surface area (Å²) < 4.78 is 5.83. The summed E-state index contributed by atoms with van der Waals surface area (Å²) >= 11 is 0. The molecule has 4 heteroatoms. The smallest absolute Gasteiger partial charge is 0.0898 e. The molecule has 2 unspecified atom stereocenters. The van der Waals surface area contributed by atoms with E-state index in [0.29, 0.717) is 19.3 Å². The van der Waals surface area contributed by atoms with Gasteiger partial charge in [0.1, 0.15) is 0 Å². The van der Waals surface area contributed by atoms with Gasteiger partial charge >= 0.3 is 0 Å². The van der Waals surface area contributed by atoms with Crippen LogP contribution in [0.15, 0.2) is 24.4 Å². The Kier molecular flexibility index (Phi) is 6.61. The van der Waals surface area contributed by atoms with Crippen LogP contribution in [0, 0.1) is 5.92 Å². The standard InChI is InChI=1S/C17H28N2O2/c1-13-6-8-16(9-7-13)21-12-15(20)11-19-14(2)17-5-3-4-10-18-17/h3-5,10,13-16,19-20H,6-9,11-12H2,1-2H3. The molecular weight excluding hydrogens is 264 g/mol. The van der Waals surface area contributed by atoms with Crippen molar-refractivity contribution >= 4 is 0 Å². The summed E-state index contributed by atoms with van der Waals surface area (Å²) in [6.07, 6.45) is 6.42. The number of rotatable bonds is 7. The molecule has 0 saturated heterocycles. The Bertz CT molecular complexity index is 391. The Hall–Kier alpha value is -0.970. The first-order chi connectivity index (χ1) is 10.1. The molecule has 0 aliphatic heterocycles. The van der Waals surface area contributed by atoms with Gasteiger partial charge in [-0.2, -0.15) is 0 Å². The summed E-state index contributed by atoms with van der Waals surface area (Å²) in [7, 11) is 0. The molecule has 21 heavy (non-hydrogen) atoms. The Labute approximate surface area is 127 Å². The zero-order valence-corrected chi connectivity index (χ0v) is 13.2. The molecule has 0 radical (unpaired) electrons. The van der Waals surface area contributed by atoms with E-state index in [0.717, 1.165) is 24.5 Å². The number of nitrogens with one attached hydrogen (secondary N) is 1. The summed E-state index contributed by atoms with van der Waals surface area (Å²) in [5.41, 5.74) is 0.992. The van der Waals surface area contributed by atoms with Crippen molar-refractivity contribution in [3.63, 3.8) is 0 Å². The summed E-state index contributed by atoms with van der Waals surface area (Å²) in [5.74, 6) is 0.829. The molecule has 2 rings (SSSR count). The van der Waals surface area contributed by atoms with Crippen LogP contribution in [-0.4, -0.2) is 35.5 Å². The second-order valence-corrected chi connectivity index (χ2v) is 6.25. The van der Waals surface area contributed by atoms with E-state index in [4.69, 9.17) is 4.74 Å². The Morgan fingerprint density at radius 1 is 1.33 bits per heavy atom. The molecule has 0 bridgehead atoms. The molecule has 1 fully saturated rings. The van der Waals surface area contributed by atoms with E-state index in [1.807, 2.05) is 18.2 Å². The minimum atomic E-state index is -0.462. The van der Waals surface area contributed by atoms with Gasteiger partial charge in [0.05, 0.1) is 24.5 Å². The summed E-state index contributed by atoms with van der Waals surface area (Å²) in [6.45, 7) is 5.30. The molecule has 1 aliphatic rings. The van der Waals surface area contributed by atoms with Crippen molar-refractivity contribution in [1.29, 1.82) is 0 Å². The molecule has 2 N–H and O–H groups in total. The van der Waals surface area contributed by atoms with E-state index >= 15 is 0 Å². The van der Waals surface area contributed by atoms with Crippen molar-refractivity contribution in [3.8, 4) is 0 Å². The quantitative estimate of drug-likeness (QED) is 0.811. The number of hydrogen-bond donors (Lipinski definition) is 2. The third-order valence-electron chi connectivity index (χ3n) is 4.28. The molecular formula is C17H28N2O2. The average Bonchev–Trinajstić information content (AvgIpc) is 2.53.